The van der Waals surface area contributed by atoms with Crippen LogP contribution in [0.4, 0.5) is 4.79 Å². The van der Waals surface area contributed by atoms with E-state index in [2.05, 4.69) is 33.2 Å². The summed E-state index contributed by atoms with van der Waals surface area (Å²) in [5, 5.41) is 13.9. The third-order valence-corrected chi connectivity index (χ3v) is 4.85. The largest absolute Gasteiger partial charge is 0.465 e. The summed E-state index contributed by atoms with van der Waals surface area (Å²) >= 11 is 2.17. The number of carbonyl (C=O) groups is 3. The zero-order valence-electron chi connectivity index (χ0n) is 13.5. The molecule has 0 aliphatic carbocycles. The summed E-state index contributed by atoms with van der Waals surface area (Å²) in [6.45, 7) is 0.512. The Morgan fingerprint density at radius 3 is 2.36 bits per heavy atom. The summed E-state index contributed by atoms with van der Waals surface area (Å²) in [5.74, 6) is -1.24. The Morgan fingerprint density at radius 1 is 1.24 bits per heavy atom. The molecule has 1 aromatic rings. The SMILES string of the molecule is NC(=O)C(Cc1ccc(I)cc1)NC(=O)C1(NC(=O)O)CCOCC1. The van der Waals surface area contributed by atoms with Crippen LogP contribution in [0.3, 0.4) is 0 Å². The average molecular weight is 461 g/mol. The lowest BCUT2D eigenvalue weighted by atomic mass is 9.88. The van der Waals surface area contributed by atoms with Crippen LogP contribution in [0.25, 0.3) is 0 Å². The first-order valence-electron chi connectivity index (χ1n) is 7.76. The standard InChI is InChI=1S/C16H20IN3O5/c17-11-3-1-10(2-4-11)9-12(13(18)21)19-14(22)16(20-15(23)24)5-7-25-8-6-16/h1-4,12,20H,5-9H2,(H2,18,21)(H,19,22)(H,23,24). The van der Waals surface area contributed by atoms with E-state index < -0.39 is 29.5 Å². The Balaban J connectivity index is 2.13. The van der Waals surface area contributed by atoms with Crippen molar-refractivity contribution >= 4 is 40.5 Å². The van der Waals surface area contributed by atoms with Crippen LogP contribution in [0.15, 0.2) is 24.3 Å². The van der Waals surface area contributed by atoms with E-state index in [4.69, 9.17) is 15.6 Å². The van der Waals surface area contributed by atoms with E-state index in [1.165, 1.54) is 0 Å². The van der Waals surface area contributed by atoms with Gasteiger partial charge in [-0.25, -0.2) is 4.79 Å². The van der Waals surface area contributed by atoms with E-state index in [-0.39, 0.29) is 32.5 Å². The van der Waals surface area contributed by atoms with Crippen LogP contribution in [0, 0.1) is 3.57 Å². The topological polar surface area (TPSA) is 131 Å². The van der Waals surface area contributed by atoms with E-state index in [0.717, 1.165) is 9.13 Å². The highest BCUT2D eigenvalue weighted by molar-refractivity contribution is 14.1. The predicted molar refractivity (Wildman–Crippen MR) is 97.9 cm³/mol. The second kappa shape index (κ2) is 8.48. The number of benzene rings is 1. The molecule has 0 saturated carbocycles. The molecule has 136 valence electrons. The molecule has 0 spiro atoms. The predicted octanol–water partition coefficient (Wildman–Crippen LogP) is 0.621. The van der Waals surface area contributed by atoms with E-state index >= 15 is 0 Å². The molecule has 1 unspecified atom stereocenters. The molecule has 1 aromatic carbocycles. The lowest BCUT2D eigenvalue weighted by molar-refractivity contribution is -0.134. The quantitative estimate of drug-likeness (QED) is 0.462. The molecule has 1 atom stereocenters. The molecule has 1 heterocycles. The number of nitrogens with one attached hydrogen (secondary N) is 2. The third kappa shape index (κ3) is 5.30. The van der Waals surface area contributed by atoms with Gasteiger partial charge in [0, 0.05) is 36.0 Å². The highest BCUT2D eigenvalue weighted by Gasteiger charge is 2.42. The Kier molecular flexibility index (Phi) is 6.59. The molecule has 1 aliphatic heterocycles. The van der Waals surface area contributed by atoms with E-state index in [1.807, 2.05) is 24.3 Å². The number of nitrogens with two attached hydrogens (primary N) is 1. The van der Waals surface area contributed by atoms with Crippen LogP contribution in [0.5, 0.6) is 0 Å². The Labute approximate surface area is 158 Å². The van der Waals surface area contributed by atoms with Gasteiger partial charge in [-0.1, -0.05) is 12.1 Å². The van der Waals surface area contributed by atoms with Crippen molar-refractivity contribution in [3.05, 3.63) is 33.4 Å². The zero-order valence-corrected chi connectivity index (χ0v) is 15.6. The lowest BCUT2D eigenvalue weighted by Gasteiger charge is -2.36. The van der Waals surface area contributed by atoms with Crippen LogP contribution >= 0.6 is 22.6 Å². The molecule has 9 heteroatoms. The van der Waals surface area contributed by atoms with Crippen LogP contribution in [-0.4, -0.2) is 47.8 Å². The average Bonchev–Trinajstić information content (AvgIpc) is 2.56. The van der Waals surface area contributed by atoms with Crippen LogP contribution < -0.4 is 16.4 Å². The minimum atomic E-state index is -1.32. The first kappa shape index (κ1) is 19.4. The summed E-state index contributed by atoms with van der Waals surface area (Å²) in [7, 11) is 0. The third-order valence-electron chi connectivity index (χ3n) is 4.13. The Morgan fingerprint density at radius 2 is 1.84 bits per heavy atom. The monoisotopic (exact) mass is 461 g/mol. The first-order valence-corrected chi connectivity index (χ1v) is 8.84. The Bertz CT molecular complexity index is 644. The summed E-state index contributed by atoms with van der Waals surface area (Å²) < 4.78 is 6.26. The summed E-state index contributed by atoms with van der Waals surface area (Å²) in [6, 6.07) is 6.55. The second-order valence-electron chi connectivity index (χ2n) is 5.88. The normalized spacial score (nSPS) is 17.3. The number of primary amides is 1. The fourth-order valence-corrected chi connectivity index (χ4v) is 3.07. The van der Waals surface area contributed by atoms with Gasteiger partial charge in [-0.15, -0.1) is 0 Å². The van der Waals surface area contributed by atoms with E-state index in [0.29, 0.717) is 0 Å². The van der Waals surface area contributed by atoms with E-state index in [1.54, 1.807) is 0 Å². The number of carbonyl (C=O) groups excluding carboxylic acids is 2. The number of ether oxygens (including phenoxy) is 1. The number of hydrogen-bond donors (Lipinski definition) is 4. The van der Waals surface area contributed by atoms with Gasteiger partial charge in [-0.3, -0.25) is 9.59 Å². The van der Waals surface area contributed by atoms with Gasteiger partial charge < -0.3 is 26.2 Å². The van der Waals surface area contributed by atoms with Gasteiger partial charge in [0.25, 0.3) is 0 Å². The van der Waals surface area contributed by atoms with Crippen LogP contribution in [0.2, 0.25) is 0 Å². The number of rotatable bonds is 6. The Hall–Kier alpha value is -1.88. The summed E-state index contributed by atoms with van der Waals surface area (Å²) in [5.41, 5.74) is 4.95. The smallest absolute Gasteiger partial charge is 0.405 e. The fourth-order valence-electron chi connectivity index (χ4n) is 2.71. The van der Waals surface area contributed by atoms with Crippen molar-refractivity contribution in [3.8, 4) is 0 Å². The second-order valence-corrected chi connectivity index (χ2v) is 7.13. The number of amides is 3. The number of carboxylic acid groups (broad SMARTS) is 1. The molecule has 25 heavy (non-hydrogen) atoms. The molecule has 3 amide bonds. The van der Waals surface area contributed by atoms with Gasteiger partial charge in [0.15, 0.2) is 0 Å². The van der Waals surface area contributed by atoms with Crippen molar-refractivity contribution < 1.29 is 24.2 Å². The molecular formula is C16H20IN3O5. The van der Waals surface area contributed by atoms with Crippen molar-refractivity contribution in [2.75, 3.05) is 13.2 Å². The van der Waals surface area contributed by atoms with Crippen molar-refractivity contribution in [1.29, 1.82) is 0 Å². The van der Waals surface area contributed by atoms with Gasteiger partial charge >= 0.3 is 6.09 Å². The lowest BCUT2D eigenvalue weighted by Crippen LogP contribution is -2.63. The molecule has 5 N–H and O–H groups in total. The summed E-state index contributed by atoms with van der Waals surface area (Å²) in [6.07, 6.45) is -0.678. The maximum atomic E-state index is 12.7. The fraction of sp³-hybridized carbons (Fsp3) is 0.438. The molecule has 1 saturated heterocycles. The maximum Gasteiger partial charge on any atom is 0.405 e. The maximum absolute atomic E-state index is 12.7. The molecule has 1 aliphatic rings. The highest BCUT2D eigenvalue weighted by atomic mass is 127. The van der Waals surface area contributed by atoms with Crippen molar-refractivity contribution in [3.63, 3.8) is 0 Å². The van der Waals surface area contributed by atoms with Crippen LogP contribution in [0.1, 0.15) is 18.4 Å². The number of hydrogen-bond acceptors (Lipinski definition) is 4. The minimum Gasteiger partial charge on any atom is -0.465 e. The molecule has 1 fully saturated rings. The molecule has 0 aromatic heterocycles. The molecule has 8 nitrogen and oxygen atoms in total. The molecule has 0 radical (unpaired) electrons. The molecular weight excluding hydrogens is 441 g/mol. The highest BCUT2D eigenvalue weighted by Crippen LogP contribution is 2.21. The first-order chi connectivity index (χ1) is 11.8. The van der Waals surface area contributed by atoms with Gasteiger partial charge in [-0.05, 0) is 40.3 Å². The van der Waals surface area contributed by atoms with Crippen molar-refractivity contribution in [2.24, 2.45) is 5.73 Å². The van der Waals surface area contributed by atoms with Gasteiger partial charge in [0.05, 0.1) is 0 Å². The van der Waals surface area contributed by atoms with E-state index in [9.17, 15) is 14.4 Å². The van der Waals surface area contributed by atoms with Gasteiger partial charge in [-0.2, -0.15) is 0 Å². The van der Waals surface area contributed by atoms with Gasteiger partial charge in [0.2, 0.25) is 11.8 Å². The van der Waals surface area contributed by atoms with Gasteiger partial charge in [0.1, 0.15) is 11.6 Å². The molecule has 0 bridgehead atoms. The van der Waals surface area contributed by atoms with Crippen molar-refractivity contribution in [2.45, 2.75) is 30.8 Å². The van der Waals surface area contributed by atoms with Crippen LogP contribution in [-0.2, 0) is 20.7 Å². The zero-order chi connectivity index (χ0) is 18.4. The minimum absolute atomic E-state index is 0.195. The number of halogens is 1. The van der Waals surface area contributed by atoms with Crippen molar-refractivity contribution in [1.82, 2.24) is 10.6 Å². The summed E-state index contributed by atoms with van der Waals surface area (Å²) in [4.78, 5) is 35.6. The molecule has 2 rings (SSSR count).